The number of alkyl halides is 3. The van der Waals surface area contributed by atoms with Gasteiger partial charge in [-0.15, -0.1) is 0 Å². The lowest BCUT2D eigenvalue weighted by Crippen LogP contribution is -2.40. The van der Waals surface area contributed by atoms with Crippen molar-refractivity contribution in [3.05, 3.63) is 89.0 Å². The van der Waals surface area contributed by atoms with Crippen molar-refractivity contribution in [2.45, 2.75) is 57.8 Å². The van der Waals surface area contributed by atoms with Gasteiger partial charge in [-0.3, -0.25) is 0 Å². The molecular formula is C27H29F3N2O4S. The van der Waals surface area contributed by atoms with Crippen LogP contribution in [-0.2, 0) is 22.8 Å². The molecule has 3 aromatic rings. The minimum Gasteiger partial charge on any atom is -0.379 e. The van der Waals surface area contributed by atoms with Gasteiger partial charge in [-0.05, 0) is 86.3 Å². The Morgan fingerprint density at radius 2 is 1.70 bits per heavy atom. The smallest absolute Gasteiger partial charge is 0.379 e. The SMILES string of the molecule is CC[C@@H](C)N(Cc1cccc(OS(=O)(=O)c2cccc(C(F)(F)F)c2)c1)C(=O)Nc1ccc(C)c(C)c1. The van der Waals surface area contributed by atoms with Crippen molar-refractivity contribution in [3.63, 3.8) is 0 Å². The van der Waals surface area contributed by atoms with Crippen LogP contribution in [0.2, 0.25) is 0 Å². The molecule has 0 aliphatic heterocycles. The topological polar surface area (TPSA) is 75.7 Å². The predicted octanol–water partition coefficient (Wildman–Crippen LogP) is 6.92. The fourth-order valence-electron chi connectivity index (χ4n) is 3.56. The molecular weight excluding hydrogens is 505 g/mol. The van der Waals surface area contributed by atoms with E-state index >= 15 is 0 Å². The fourth-order valence-corrected chi connectivity index (χ4v) is 4.53. The van der Waals surface area contributed by atoms with Crippen LogP contribution in [0.1, 0.15) is 42.5 Å². The van der Waals surface area contributed by atoms with Crippen LogP contribution in [0.3, 0.4) is 0 Å². The van der Waals surface area contributed by atoms with Crippen LogP contribution in [0.5, 0.6) is 5.75 Å². The third-order valence-corrected chi connectivity index (χ3v) is 7.29. The van der Waals surface area contributed by atoms with Gasteiger partial charge in [0.2, 0.25) is 0 Å². The highest BCUT2D eigenvalue weighted by Gasteiger charge is 2.32. The van der Waals surface area contributed by atoms with Crippen molar-refractivity contribution in [2.24, 2.45) is 0 Å². The number of urea groups is 1. The number of hydrogen-bond acceptors (Lipinski definition) is 4. The van der Waals surface area contributed by atoms with Gasteiger partial charge in [-0.25, -0.2) is 4.79 Å². The molecule has 37 heavy (non-hydrogen) atoms. The quantitative estimate of drug-likeness (QED) is 0.318. The zero-order chi connectivity index (χ0) is 27.4. The maximum Gasteiger partial charge on any atom is 0.416 e. The van der Waals surface area contributed by atoms with Gasteiger partial charge in [-0.2, -0.15) is 21.6 Å². The normalized spacial score (nSPS) is 12.6. The number of amides is 2. The second kappa shape index (κ2) is 11.2. The van der Waals surface area contributed by atoms with Gasteiger partial charge in [-0.1, -0.05) is 31.2 Å². The number of halogens is 3. The van der Waals surface area contributed by atoms with Crippen molar-refractivity contribution < 1.29 is 30.6 Å². The number of anilines is 1. The summed E-state index contributed by atoms with van der Waals surface area (Å²) in [5.41, 5.74) is 2.30. The number of hydrogen-bond donors (Lipinski definition) is 1. The molecule has 6 nitrogen and oxygen atoms in total. The summed E-state index contributed by atoms with van der Waals surface area (Å²) in [5, 5.41) is 2.91. The first-order valence-electron chi connectivity index (χ1n) is 11.7. The molecule has 0 saturated heterocycles. The second-order valence-corrected chi connectivity index (χ2v) is 10.4. The summed E-state index contributed by atoms with van der Waals surface area (Å²) in [5.74, 6) is -0.0754. The molecule has 3 rings (SSSR count). The minimum absolute atomic E-state index is 0.0754. The maximum absolute atomic E-state index is 13.1. The van der Waals surface area contributed by atoms with E-state index in [9.17, 15) is 26.4 Å². The summed E-state index contributed by atoms with van der Waals surface area (Å²) in [7, 11) is -4.52. The van der Waals surface area contributed by atoms with E-state index in [1.807, 2.05) is 45.9 Å². The predicted molar refractivity (Wildman–Crippen MR) is 136 cm³/mol. The largest absolute Gasteiger partial charge is 0.416 e. The van der Waals surface area contributed by atoms with Crippen LogP contribution in [0.25, 0.3) is 0 Å². The third kappa shape index (κ3) is 7.25. The number of nitrogens with one attached hydrogen (secondary N) is 1. The Morgan fingerprint density at radius 1 is 1.00 bits per heavy atom. The zero-order valence-corrected chi connectivity index (χ0v) is 21.8. The number of carbonyl (C=O) groups excluding carboxylic acids is 1. The molecule has 0 saturated carbocycles. The van der Waals surface area contributed by atoms with E-state index in [1.54, 1.807) is 17.0 Å². The average molecular weight is 535 g/mol. The Hall–Kier alpha value is -3.53. The van der Waals surface area contributed by atoms with E-state index in [2.05, 4.69) is 5.32 Å². The maximum atomic E-state index is 13.1. The minimum atomic E-state index is -4.69. The fraction of sp³-hybridized carbons (Fsp3) is 0.296. The Kier molecular flexibility index (Phi) is 8.53. The highest BCUT2D eigenvalue weighted by atomic mass is 32.2. The van der Waals surface area contributed by atoms with Crippen molar-refractivity contribution in [3.8, 4) is 5.75 Å². The lowest BCUT2D eigenvalue weighted by Gasteiger charge is -2.29. The molecule has 0 heterocycles. The van der Waals surface area contributed by atoms with Gasteiger partial charge in [0.25, 0.3) is 0 Å². The number of benzene rings is 3. The summed E-state index contributed by atoms with van der Waals surface area (Å²) in [6.45, 7) is 7.94. The van der Waals surface area contributed by atoms with E-state index in [0.717, 1.165) is 29.3 Å². The number of carbonyl (C=O) groups is 1. The Labute approximate surface area is 215 Å². The number of aryl methyl sites for hydroxylation is 2. The molecule has 3 aromatic carbocycles. The molecule has 2 amide bonds. The van der Waals surface area contributed by atoms with Crippen molar-refractivity contribution in [1.82, 2.24) is 4.90 Å². The average Bonchev–Trinajstić information content (AvgIpc) is 2.84. The van der Waals surface area contributed by atoms with Crippen LogP contribution in [0.4, 0.5) is 23.7 Å². The molecule has 10 heteroatoms. The summed E-state index contributed by atoms with van der Waals surface area (Å²) >= 11 is 0. The van der Waals surface area contributed by atoms with Gasteiger partial charge in [0.1, 0.15) is 10.6 Å². The molecule has 0 aliphatic rings. The monoisotopic (exact) mass is 534 g/mol. The van der Waals surface area contributed by atoms with E-state index in [4.69, 9.17) is 4.18 Å². The summed E-state index contributed by atoms with van der Waals surface area (Å²) in [4.78, 5) is 14.1. The van der Waals surface area contributed by atoms with Gasteiger partial charge >= 0.3 is 22.3 Å². The third-order valence-electron chi connectivity index (χ3n) is 6.05. The van der Waals surface area contributed by atoms with Crippen LogP contribution < -0.4 is 9.50 Å². The molecule has 1 atom stereocenters. The van der Waals surface area contributed by atoms with Crippen LogP contribution in [-0.4, -0.2) is 25.4 Å². The molecule has 0 aromatic heterocycles. The van der Waals surface area contributed by atoms with Crippen LogP contribution >= 0.6 is 0 Å². The first-order valence-corrected chi connectivity index (χ1v) is 13.1. The van der Waals surface area contributed by atoms with E-state index in [0.29, 0.717) is 23.7 Å². The van der Waals surface area contributed by atoms with Crippen molar-refractivity contribution in [2.75, 3.05) is 5.32 Å². The van der Waals surface area contributed by atoms with Crippen LogP contribution in [0.15, 0.2) is 71.6 Å². The van der Waals surface area contributed by atoms with Gasteiger partial charge < -0.3 is 14.4 Å². The first-order chi connectivity index (χ1) is 17.3. The Bertz CT molecular complexity index is 1370. The van der Waals surface area contributed by atoms with Crippen molar-refractivity contribution >= 4 is 21.8 Å². The summed E-state index contributed by atoms with van der Waals surface area (Å²) in [6, 6.07) is 14.6. The molecule has 1 N–H and O–H groups in total. The van der Waals surface area contributed by atoms with Crippen molar-refractivity contribution in [1.29, 1.82) is 0 Å². The van der Waals surface area contributed by atoms with Crippen LogP contribution in [0, 0.1) is 13.8 Å². The molecule has 198 valence electrons. The number of nitrogens with zero attached hydrogens (tertiary/aromatic N) is 1. The molecule has 0 bridgehead atoms. The molecule has 0 unspecified atom stereocenters. The molecule has 0 spiro atoms. The standard InChI is InChI=1S/C27H29F3N2O4S/c1-5-20(4)32(26(33)31-23-13-12-18(2)19(3)14-23)17-21-8-6-10-24(15-21)36-37(34,35)25-11-7-9-22(16-25)27(28,29)30/h6-16,20H,5,17H2,1-4H3,(H,31,33)/t20-/m1/s1. The summed E-state index contributed by atoms with van der Waals surface area (Å²) < 4.78 is 69.5. The van der Waals surface area contributed by atoms with Gasteiger partial charge in [0, 0.05) is 18.3 Å². The molecule has 0 radical (unpaired) electrons. The first kappa shape index (κ1) is 28.0. The van der Waals surface area contributed by atoms with Gasteiger partial charge in [0.05, 0.1) is 5.56 Å². The Morgan fingerprint density at radius 3 is 2.35 bits per heavy atom. The molecule has 0 fully saturated rings. The summed E-state index contributed by atoms with van der Waals surface area (Å²) in [6.07, 6.45) is -4.01. The zero-order valence-electron chi connectivity index (χ0n) is 21.0. The molecule has 0 aliphatic carbocycles. The highest BCUT2D eigenvalue weighted by Crippen LogP contribution is 2.31. The Balaban J connectivity index is 1.80. The number of rotatable bonds is 8. The lowest BCUT2D eigenvalue weighted by molar-refractivity contribution is -0.137. The van der Waals surface area contributed by atoms with E-state index in [1.165, 1.54) is 12.1 Å². The highest BCUT2D eigenvalue weighted by molar-refractivity contribution is 7.87. The van der Waals surface area contributed by atoms with E-state index in [-0.39, 0.29) is 24.4 Å². The van der Waals surface area contributed by atoms with Gasteiger partial charge in [0.15, 0.2) is 0 Å². The second-order valence-electron chi connectivity index (χ2n) is 8.82. The van der Waals surface area contributed by atoms with E-state index < -0.39 is 26.8 Å². The lowest BCUT2D eigenvalue weighted by atomic mass is 10.1.